The fourth-order valence-electron chi connectivity index (χ4n) is 1.62. The van der Waals surface area contributed by atoms with Crippen LogP contribution in [-0.4, -0.2) is 18.6 Å². The number of benzene rings is 1. The molecule has 0 saturated carbocycles. The minimum atomic E-state index is -3.11. The fourth-order valence-corrected chi connectivity index (χ4v) is 1.62. The van der Waals surface area contributed by atoms with Gasteiger partial charge in [-0.05, 0) is 24.5 Å². The first kappa shape index (κ1) is 19.5. The van der Waals surface area contributed by atoms with Crippen molar-refractivity contribution >= 4 is 24.0 Å². The van der Waals surface area contributed by atoms with Crippen LogP contribution in [-0.2, 0) is 4.79 Å². The molecular weight excluding hydrogens is 309 g/mol. The molecule has 3 N–H and O–H groups in total. The van der Waals surface area contributed by atoms with Crippen LogP contribution in [0.5, 0.6) is 5.75 Å². The second-order valence-electron chi connectivity index (χ2n) is 4.75. The van der Waals surface area contributed by atoms with E-state index in [0.717, 1.165) is 12.1 Å². The largest absolute Gasteiger partial charge is 0.432 e. The van der Waals surface area contributed by atoms with Crippen LogP contribution in [0.25, 0.3) is 0 Å². The SMILES string of the molecule is CC(C)C[C@H](N)C(=O)Nc1ccc(OC(F)F)c(F)c1.Cl. The Morgan fingerprint density at radius 2 is 2.00 bits per heavy atom. The average Bonchev–Trinajstić information content (AvgIpc) is 2.31. The Bertz CT molecular complexity index is 473. The van der Waals surface area contributed by atoms with Gasteiger partial charge in [-0.25, -0.2) is 4.39 Å². The average molecular weight is 327 g/mol. The molecule has 0 fully saturated rings. The van der Waals surface area contributed by atoms with Crippen LogP contribution in [0.2, 0.25) is 0 Å². The molecule has 0 bridgehead atoms. The molecule has 0 unspecified atom stereocenters. The van der Waals surface area contributed by atoms with Gasteiger partial charge in [-0.2, -0.15) is 8.78 Å². The lowest BCUT2D eigenvalue weighted by Gasteiger charge is -2.14. The number of nitrogens with two attached hydrogens (primary N) is 1. The zero-order valence-corrected chi connectivity index (χ0v) is 12.4. The van der Waals surface area contributed by atoms with Crippen LogP contribution in [0.1, 0.15) is 20.3 Å². The number of amides is 1. The molecule has 1 aromatic rings. The van der Waals surface area contributed by atoms with Crippen LogP contribution >= 0.6 is 12.4 Å². The fraction of sp³-hybridized carbons (Fsp3) is 0.462. The highest BCUT2D eigenvalue weighted by atomic mass is 35.5. The molecule has 1 atom stereocenters. The second-order valence-corrected chi connectivity index (χ2v) is 4.75. The summed E-state index contributed by atoms with van der Waals surface area (Å²) >= 11 is 0. The van der Waals surface area contributed by atoms with E-state index in [0.29, 0.717) is 6.42 Å². The number of nitrogens with one attached hydrogen (secondary N) is 1. The lowest BCUT2D eigenvalue weighted by molar-refractivity contribution is -0.117. The molecule has 21 heavy (non-hydrogen) atoms. The summed E-state index contributed by atoms with van der Waals surface area (Å²) in [4.78, 5) is 11.7. The van der Waals surface area contributed by atoms with Crippen LogP contribution in [0.3, 0.4) is 0 Å². The van der Waals surface area contributed by atoms with Gasteiger partial charge in [0.05, 0.1) is 6.04 Å². The van der Waals surface area contributed by atoms with Gasteiger partial charge in [-0.3, -0.25) is 4.79 Å². The summed E-state index contributed by atoms with van der Waals surface area (Å²) in [5.74, 6) is -1.78. The summed E-state index contributed by atoms with van der Waals surface area (Å²) in [5, 5.41) is 2.42. The molecule has 120 valence electrons. The van der Waals surface area contributed by atoms with E-state index in [9.17, 15) is 18.0 Å². The molecule has 4 nitrogen and oxygen atoms in total. The Kier molecular flexibility index (Phi) is 8.12. The quantitative estimate of drug-likeness (QED) is 0.844. The van der Waals surface area contributed by atoms with Crippen molar-refractivity contribution in [1.29, 1.82) is 0 Å². The minimum absolute atomic E-state index is 0. The maximum absolute atomic E-state index is 13.4. The summed E-state index contributed by atoms with van der Waals surface area (Å²) in [5.41, 5.74) is 5.80. The Labute approximate surface area is 127 Å². The van der Waals surface area contributed by atoms with E-state index in [4.69, 9.17) is 5.73 Å². The van der Waals surface area contributed by atoms with E-state index in [1.54, 1.807) is 0 Å². The Hall–Kier alpha value is -1.47. The normalized spacial score (nSPS) is 12.0. The van der Waals surface area contributed by atoms with Crippen molar-refractivity contribution in [3.05, 3.63) is 24.0 Å². The highest BCUT2D eigenvalue weighted by Crippen LogP contribution is 2.23. The summed E-state index contributed by atoms with van der Waals surface area (Å²) in [6, 6.07) is 2.47. The third kappa shape index (κ3) is 6.68. The van der Waals surface area contributed by atoms with Gasteiger partial charge in [0.2, 0.25) is 5.91 Å². The summed E-state index contributed by atoms with van der Waals surface area (Å²) in [6.45, 7) is 0.733. The van der Waals surface area contributed by atoms with E-state index in [-0.39, 0.29) is 24.0 Å². The molecule has 0 radical (unpaired) electrons. The molecule has 0 aliphatic rings. The molecular formula is C13H18ClF3N2O2. The molecule has 0 aliphatic heterocycles. The third-order valence-corrected chi connectivity index (χ3v) is 2.48. The van der Waals surface area contributed by atoms with Gasteiger partial charge in [0.25, 0.3) is 0 Å². The number of anilines is 1. The number of halogens is 4. The van der Waals surface area contributed by atoms with E-state index >= 15 is 0 Å². The molecule has 0 saturated heterocycles. The van der Waals surface area contributed by atoms with Crippen molar-refractivity contribution in [2.75, 3.05) is 5.32 Å². The van der Waals surface area contributed by atoms with E-state index < -0.39 is 30.1 Å². The van der Waals surface area contributed by atoms with E-state index in [2.05, 4.69) is 10.1 Å². The zero-order valence-electron chi connectivity index (χ0n) is 11.6. The van der Waals surface area contributed by atoms with Crippen molar-refractivity contribution in [1.82, 2.24) is 0 Å². The van der Waals surface area contributed by atoms with E-state index in [1.807, 2.05) is 13.8 Å². The van der Waals surface area contributed by atoms with Gasteiger partial charge in [0.15, 0.2) is 11.6 Å². The Morgan fingerprint density at radius 1 is 1.38 bits per heavy atom. The van der Waals surface area contributed by atoms with Crippen molar-refractivity contribution in [3.63, 3.8) is 0 Å². The molecule has 1 aromatic carbocycles. The van der Waals surface area contributed by atoms with Crippen LogP contribution in [0.15, 0.2) is 18.2 Å². The van der Waals surface area contributed by atoms with Gasteiger partial charge < -0.3 is 15.8 Å². The minimum Gasteiger partial charge on any atom is -0.432 e. The lowest BCUT2D eigenvalue weighted by Crippen LogP contribution is -2.36. The second kappa shape index (κ2) is 8.74. The number of alkyl halides is 2. The van der Waals surface area contributed by atoms with Gasteiger partial charge in [0, 0.05) is 11.8 Å². The Morgan fingerprint density at radius 3 is 2.48 bits per heavy atom. The monoisotopic (exact) mass is 326 g/mol. The van der Waals surface area contributed by atoms with Crippen molar-refractivity contribution in [2.24, 2.45) is 11.7 Å². The van der Waals surface area contributed by atoms with Crippen molar-refractivity contribution in [2.45, 2.75) is 32.9 Å². The number of rotatable bonds is 6. The van der Waals surface area contributed by atoms with Crippen LogP contribution in [0, 0.1) is 11.7 Å². The van der Waals surface area contributed by atoms with Crippen LogP contribution < -0.4 is 15.8 Å². The topological polar surface area (TPSA) is 64.4 Å². The maximum atomic E-state index is 13.4. The lowest BCUT2D eigenvalue weighted by atomic mass is 10.0. The summed E-state index contributed by atoms with van der Waals surface area (Å²) in [6.07, 6.45) is 0.487. The standard InChI is InChI=1S/C13H17F3N2O2.ClH/c1-7(2)5-10(17)12(19)18-8-3-4-11(9(14)6-8)20-13(15)16;/h3-4,6-7,10,13H,5,17H2,1-2H3,(H,18,19);1H/t10-;/m0./s1. The zero-order chi connectivity index (χ0) is 15.3. The molecule has 1 rings (SSSR count). The number of ether oxygens (including phenoxy) is 1. The molecule has 1 amide bonds. The number of carbonyl (C=O) groups is 1. The predicted molar refractivity (Wildman–Crippen MR) is 76.3 cm³/mol. The molecule has 8 heteroatoms. The van der Waals surface area contributed by atoms with Gasteiger partial charge in [-0.1, -0.05) is 13.8 Å². The molecule has 0 aliphatic carbocycles. The molecule has 0 heterocycles. The number of hydrogen-bond acceptors (Lipinski definition) is 3. The number of carbonyl (C=O) groups excluding carboxylic acids is 1. The molecule has 0 aromatic heterocycles. The van der Waals surface area contributed by atoms with Crippen molar-refractivity contribution in [3.8, 4) is 5.75 Å². The third-order valence-electron chi connectivity index (χ3n) is 2.48. The first-order valence-electron chi connectivity index (χ1n) is 6.10. The maximum Gasteiger partial charge on any atom is 0.387 e. The molecule has 0 spiro atoms. The summed E-state index contributed by atoms with van der Waals surface area (Å²) in [7, 11) is 0. The highest BCUT2D eigenvalue weighted by molar-refractivity contribution is 5.94. The van der Waals surface area contributed by atoms with Gasteiger partial charge in [-0.15, -0.1) is 12.4 Å². The van der Waals surface area contributed by atoms with Crippen LogP contribution in [0.4, 0.5) is 18.9 Å². The predicted octanol–water partition coefficient (Wildman–Crippen LogP) is 3.16. The smallest absolute Gasteiger partial charge is 0.387 e. The van der Waals surface area contributed by atoms with Crippen molar-refractivity contribution < 1.29 is 22.7 Å². The van der Waals surface area contributed by atoms with Gasteiger partial charge >= 0.3 is 6.61 Å². The first-order chi connectivity index (χ1) is 9.29. The number of hydrogen-bond donors (Lipinski definition) is 2. The van der Waals surface area contributed by atoms with E-state index in [1.165, 1.54) is 6.07 Å². The highest BCUT2D eigenvalue weighted by Gasteiger charge is 2.16. The van der Waals surface area contributed by atoms with Gasteiger partial charge in [0.1, 0.15) is 0 Å². The first-order valence-corrected chi connectivity index (χ1v) is 6.10. The summed E-state index contributed by atoms with van der Waals surface area (Å²) < 4.78 is 41.3. The Balaban J connectivity index is 0.00000400.